The second-order valence-electron chi connectivity index (χ2n) is 15.0. The fourth-order valence-electron chi connectivity index (χ4n) is 7.95. The normalized spacial score (nSPS) is 12.2. The molecule has 8 aromatic rings. The van der Waals surface area contributed by atoms with Gasteiger partial charge in [-0.05, 0) is 35.8 Å². The Balaban J connectivity index is 0.000000145. The zero-order valence-electron chi connectivity index (χ0n) is 34.7. The first kappa shape index (κ1) is 43.8. The fourth-order valence-corrected chi connectivity index (χ4v) is 9.26. The van der Waals surface area contributed by atoms with Crippen molar-refractivity contribution in [2.75, 3.05) is 0 Å². The molecule has 0 aliphatic carbocycles. The van der Waals surface area contributed by atoms with E-state index >= 15 is 0 Å². The first-order valence-corrected chi connectivity index (χ1v) is 28.1. The van der Waals surface area contributed by atoms with Crippen LogP contribution in [0.3, 0.4) is 0 Å². The minimum atomic E-state index is -0.826. The van der Waals surface area contributed by atoms with Crippen LogP contribution < -0.4 is 10.4 Å². The molecule has 4 heteroatoms. The molecule has 0 saturated carbocycles. The zero-order chi connectivity index (χ0) is 41.0. The Kier molecular flexibility index (Phi) is 16.2. The van der Waals surface area contributed by atoms with Gasteiger partial charge in [-0.1, -0.05) is 172 Å². The summed E-state index contributed by atoms with van der Waals surface area (Å²) in [6, 6.07) is 58.5. The van der Waals surface area contributed by atoms with E-state index in [9.17, 15) is 0 Å². The van der Waals surface area contributed by atoms with Crippen LogP contribution in [0.1, 0.15) is 88.5 Å². The van der Waals surface area contributed by atoms with E-state index < -0.39 is 20.8 Å². The maximum atomic E-state index is 4.93. The number of aryl methyl sites for hydroxylation is 2. The maximum Gasteiger partial charge on any atom is 0.0920 e. The van der Waals surface area contributed by atoms with Gasteiger partial charge in [-0.3, -0.25) is 0 Å². The van der Waals surface area contributed by atoms with Crippen LogP contribution in [0.5, 0.6) is 0 Å². The van der Waals surface area contributed by atoms with E-state index in [1.54, 1.807) is 0 Å². The van der Waals surface area contributed by atoms with Gasteiger partial charge in [0.1, 0.15) is 0 Å². The van der Waals surface area contributed by atoms with E-state index in [1.165, 1.54) is 100 Å². The molecular weight excluding hydrogens is 839 g/mol. The monoisotopic (exact) mass is 889 g/mol. The molecule has 58 heavy (non-hydrogen) atoms. The molecule has 2 radical (unpaired) electrons. The van der Waals surface area contributed by atoms with Crippen molar-refractivity contribution in [3.8, 4) is 33.4 Å². The van der Waals surface area contributed by atoms with E-state index in [0.29, 0.717) is 11.8 Å². The molecule has 0 nitrogen and oxygen atoms in total. The Bertz CT molecular complexity index is 2340. The van der Waals surface area contributed by atoms with Crippen LogP contribution in [0.25, 0.3) is 54.9 Å². The Morgan fingerprint density at radius 2 is 1.02 bits per heavy atom. The van der Waals surface area contributed by atoms with Crippen molar-refractivity contribution in [3.05, 3.63) is 180 Å². The van der Waals surface area contributed by atoms with Gasteiger partial charge in [0.15, 0.2) is 0 Å². The summed E-state index contributed by atoms with van der Waals surface area (Å²) in [5.41, 5.74) is 14.1. The third-order valence-corrected chi connectivity index (χ3v) is 12.9. The first-order chi connectivity index (χ1) is 28.3. The Hall–Kier alpha value is -3.78. The number of hydrogen-bond donors (Lipinski definition) is 0. The molecular formula is C54H53Cl2SiZr-3. The maximum absolute atomic E-state index is 4.93. The molecule has 9 rings (SSSR count). The summed E-state index contributed by atoms with van der Waals surface area (Å²) in [7, 11) is 10.7. The van der Waals surface area contributed by atoms with Crippen molar-refractivity contribution in [3.63, 3.8) is 0 Å². The number of halogens is 2. The first-order valence-electron chi connectivity index (χ1n) is 20.7. The van der Waals surface area contributed by atoms with Crippen molar-refractivity contribution >= 4 is 58.5 Å². The molecule has 0 bridgehead atoms. The quantitative estimate of drug-likeness (QED) is 0.105. The molecule has 0 saturated heterocycles. The molecule has 8 aromatic carbocycles. The van der Waals surface area contributed by atoms with Gasteiger partial charge in [0, 0.05) is 0 Å². The SMILES string of the molecule is CCc1ccc2[cH-]c(C(C)CC)cc2c1-c1ccccc1.CCc1ccc2[cH-]c(C(C)CC)cc2c1-c1ccccc1.[Cl][Zr][Cl].[c-]1cccc2c1[Si]c1ccccc1-2. The molecule has 1 aliphatic heterocycles. The fraction of sp³-hybridized carbons (Fsp3) is 0.222. The minimum absolute atomic E-state index is 0.631. The van der Waals surface area contributed by atoms with Crippen LogP contribution >= 0.6 is 17.0 Å². The smallest absolute Gasteiger partial charge is 0.0920 e. The number of rotatable bonds is 8. The molecule has 0 N–H and O–H groups in total. The van der Waals surface area contributed by atoms with Crippen molar-refractivity contribution in [1.29, 1.82) is 0 Å². The van der Waals surface area contributed by atoms with E-state index in [-0.39, 0.29) is 0 Å². The van der Waals surface area contributed by atoms with Gasteiger partial charge < -0.3 is 0 Å². The van der Waals surface area contributed by atoms with Crippen LogP contribution in [0.15, 0.2) is 152 Å². The standard InChI is InChI=1S/2C21H23.C12H7Si.2ClH.Zr/c2*1-4-15(3)19-13-18-12-11-16(5-2)21(20(18)14-19)17-9-7-6-8-10-17;1-3-7-11-9(5-1)10-6-2-4-8-12(10)13-11;;;/h2*6-15H,4-5H2,1-3H3;1-7H;2*1H;/q3*-1;;;+2/p-2. The molecule has 1 heterocycles. The van der Waals surface area contributed by atoms with Crippen LogP contribution in [-0.2, 0) is 33.7 Å². The van der Waals surface area contributed by atoms with Crippen molar-refractivity contribution in [2.24, 2.45) is 0 Å². The predicted octanol–water partition coefficient (Wildman–Crippen LogP) is 15.1. The third-order valence-electron chi connectivity index (χ3n) is 11.6. The Labute approximate surface area is 368 Å². The van der Waals surface area contributed by atoms with E-state index in [2.05, 4.69) is 193 Å². The number of fused-ring (bicyclic) bond motifs is 5. The number of hydrogen-bond acceptors (Lipinski definition) is 0. The van der Waals surface area contributed by atoms with Gasteiger partial charge in [-0.25, -0.2) is 0 Å². The van der Waals surface area contributed by atoms with Crippen LogP contribution in [-0.4, -0.2) is 9.52 Å². The predicted molar refractivity (Wildman–Crippen MR) is 254 cm³/mol. The summed E-state index contributed by atoms with van der Waals surface area (Å²) in [6.45, 7) is 13.6. The molecule has 1 aliphatic rings. The Morgan fingerprint density at radius 3 is 1.48 bits per heavy atom. The van der Waals surface area contributed by atoms with Crippen molar-refractivity contribution in [1.82, 2.24) is 0 Å². The second-order valence-corrected chi connectivity index (χ2v) is 20.1. The van der Waals surface area contributed by atoms with Gasteiger partial charge in [0.2, 0.25) is 0 Å². The molecule has 2 atom stereocenters. The summed E-state index contributed by atoms with van der Waals surface area (Å²) < 4.78 is 0. The average Bonchev–Trinajstić information content (AvgIpc) is 4.02. The van der Waals surface area contributed by atoms with Gasteiger partial charge >= 0.3 is 37.9 Å². The molecule has 0 aromatic heterocycles. The van der Waals surface area contributed by atoms with Gasteiger partial charge in [-0.2, -0.15) is 41.6 Å². The summed E-state index contributed by atoms with van der Waals surface area (Å²) in [5, 5.41) is 8.40. The van der Waals surface area contributed by atoms with E-state index in [0.717, 1.165) is 22.4 Å². The zero-order valence-corrected chi connectivity index (χ0v) is 39.6. The minimum Gasteiger partial charge on any atom is -0.184 e. The van der Waals surface area contributed by atoms with E-state index in [4.69, 9.17) is 17.0 Å². The second kappa shape index (κ2) is 21.5. The van der Waals surface area contributed by atoms with Crippen LogP contribution in [0.4, 0.5) is 0 Å². The number of benzene rings is 6. The molecule has 0 fully saturated rings. The summed E-state index contributed by atoms with van der Waals surface area (Å²) in [6.07, 6.45) is 4.53. The summed E-state index contributed by atoms with van der Waals surface area (Å²) >= 11 is -0.826. The molecule has 0 spiro atoms. The van der Waals surface area contributed by atoms with Crippen LogP contribution in [0.2, 0.25) is 0 Å². The Morgan fingerprint density at radius 1 is 0.569 bits per heavy atom. The van der Waals surface area contributed by atoms with E-state index in [1.807, 2.05) is 6.07 Å². The average molecular weight is 892 g/mol. The van der Waals surface area contributed by atoms with Gasteiger partial charge in [0.05, 0.1) is 9.52 Å². The molecule has 2 unspecified atom stereocenters. The summed E-state index contributed by atoms with van der Waals surface area (Å²) in [5.74, 6) is 1.26. The van der Waals surface area contributed by atoms with Gasteiger partial charge in [0.25, 0.3) is 0 Å². The molecule has 294 valence electrons. The largest absolute Gasteiger partial charge is 0.184 e. The van der Waals surface area contributed by atoms with Crippen molar-refractivity contribution in [2.45, 2.75) is 79.1 Å². The summed E-state index contributed by atoms with van der Waals surface area (Å²) in [4.78, 5) is 0. The van der Waals surface area contributed by atoms with Crippen molar-refractivity contribution < 1.29 is 20.8 Å². The third kappa shape index (κ3) is 10.1. The van der Waals surface area contributed by atoms with Gasteiger partial charge in [-0.15, -0.1) is 74.6 Å². The topological polar surface area (TPSA) is 0 Å². The molecule has 0 amide bonds. The van der Waals surface area contributed by atoms with Crippen LogP contribution in [0, 0.1) is 6.07 Å².